The molecular formula is C28H29N5O2S. The van der Waals surface area contributed by atoms with Gasteiger partial charge >= 0.3 is 0 Å². The molecule has 8 heteroatoms. The van der Waals surface area contributed by atoms with Gasteiger partial charge in [0.1, 0.15) is 11.5 Å². The highest BCUT2D eigenvalue weighted by atomic mass is 32.2. The van der Waals surface area contributed by atoms with Gasteiger partial charge in [0.15, 0.2) is 11.0 Å². The van der Waals surface area contributed by atoms with Gasteiger partial charge in [-0.3, -0.25) is 9.55 Å². The second kappa shape index (κ2) is 10.1. The van der Waals surface area contributed by atoms with Crippen LogP contribution in [0.25, 0.3) is 28.0 Å². The summed E-state index contributed by atoms with van der Waals surface area (Å²) < 4.78 is 4.08. The maximum Gasteiger partial charge on any atom is 0.196 e. The van der Waals surface area contributed by atoms with E-state index in [0.717, 1.165) is 45.9 Å². The average Bonchev–Trinajstić information content (AvgIpc) is 3.45. The third-order valence-corrected chi connectivity index (χ3v) is 7.35. The van der Waals surface area contributed by atoms with Gasteiger partial charge in [0.05, 0.1) is 11.3 Å². The zero-order valence-corrected chi connectivity index (χ0v) is 21.4. The molecule has 0 bridgehead atoms. The molecule has 2 N–H and O–H groups in total. The number of aryl methyl sites for hydroxylation is 2. The van der Waals surface area contributed by atoms with E-state index in [2.05, 4.69) is 50.1 Å². The summed E-state index contributed by atoms with van der Waals surface area (Å²) in [5.41, 5.74) is 4.56. The average molecular weight is 500 g/mol. The summed E-state index contributed by atoms with van der Waals surface area (Å²) in [7, 11) is 2.03. The Labute approximate surface area is 214 Å². The van der Waals surface area contributed by atoms with E-state index in [0.29, 0.717) is 11.4 Å². The number of hydrogen-bond donors (Lipinski definition) is 2. The molecule has 0 saturated heterocycles. The van der Waals surface area contributed by atoms with Crippen LogP contribution in [0.5, 0.6) is 11.5 Å². The minimum Gasteiger partial charge on any atom is -0.508 e. The Morgan fingerprint density at radius 3 is 2.64 bits per heavy atom. The molecule has 0 aliphatic carbocycles. The standard InChI is InChI=1S/C28H29N5O2S/c1-18(2)22-15-23(26(35)16-25(22)34)27-30-31-28(36-13-5-7-19-6-4-11-29-17-19)33(27)21-8-9-24-20(14-21)10-12-32(24)3/h4,6,8-12,14-18,34-35H,5,7,13H2,1-3H3. The molecule has 3 heterocycles. The highest BCUT2D eigenvalue weighted by Gasteiger charge is 2.21. The largest absolute Gasteiger partial charge is 0.508 e. The highest BCUT2D eigenvalue weighted by molar-refractivity contribution is 7.99. The topological polar surface area (TPSA) is 89.0 Å². The maximum atomic E-state index is 10.8. The van der Waals surface area contributed by atoms with E-state index in [1.165, 1.54) is 11.6 Å². The summed E-state index contributed by atoms with van der Waals surface area (Å²) in [6.07, 6.45) is 7.64. The van der Waals surface area contributed by atoms with Gasteiger partial charge in [-0.05, 0) is 66.3 Å². The summed E-state index contributed by atoms with van der Waals surface area (Å²) in [4.78, 5) is 4.20. The first kappa shape index (κ1) is 23.9. The van der Waals surface area contributed by atoms with Crippen molar-refractivity contribution in [2.75, 3.05) is 5.75 Å². The van der Waals surface area contributed by atoms with E-state index in [-0.39, 0.29) is 17.4 Å². The van der Waals surface area contributed by atoms with Crippen LogP contribution >= 0.6 is 11.8 Å². The molecule has 0 aliphatic rings. The van der Waals surface area contributed by atoms with Crippen molar-refractivity contribution in [3.05, 3.63) is 78.2 Å². The summed E-state index contributed by atoms with van der Waals surface area (Å²) in [5, 5.41) is 32.1. The van der Waals surface area contributed by atoms with E-state index >= 15 is 0 Å². The fourth-order valence-corrected chi connectivity index (χ4v) is 5.29. The number of rotatable bonds is 8. The monoisotopic (exact) mass is 499 g/mol. The molecule has 7 nitrogen and oxygen atoms in total. The van der Waals surface area contributed by atoms with Crippen molar-refractivity contribution < 1.29 is 10.2 Å². The third-order valence-electron chi connectivity index (χ3n) is 6.33. The van der Waals surface area contributed by atoms with Crippen molar-refractivity contribution in [2.24, 2.45) is 7.05 Å². The van der Waals surface area contributed by atoms with Crippen LogP contribution in [0.3, 0.4) is 0 Å². The molecule has 2 aromatic carbocycles. The second-order valence-electron chi connectivity index (χ2n) is 9.21. The number of phenolic OH excluding ortho intramolecular Hbond substituents is 2. The molecule has 0 spiro atoms. The number of fused-ring (bicyclic) bond motifs is 1. The van der Waals surface area contributed by atoms with Crippen molar-refractivity contribution in [1.29, 1.82) is 0 Å². The molecule has 5 rings (SSSR count). The lowest BCUT2D eigenvalue weighted by molar-refractivity contribution is 0.444. The number of aromatic hydroxyl groups is 2. The predicted octanol–water partition coefficient (Wildman–Crippen LogP) is 6.08. The molecule has 0 radical (unpaired) electrons. The number of hydrogen-bond acceptors (Lipinski definition) is 6. The van der Waals surface area contributed by atoms with Gasteiger partial charge < -0.3 is 14.8 Å². The molecule has 0 saturated carbocycles. The molecule has 5 aromatic rings. The van der Waals surface area contributed by atoms with E-state index in [1.54, 1.807) is 18.0 Å². The lowest BCUT2D eigenvalue weighted by Crippen LogP contribution is -2.01. The minimum atomic E-state index is -0.0283. The van der Waals surface area contributed by atoms with Gasteiger partial charge in [-0.25, -0.2) is 0 Å². The van der Waals surface area contributed by atoms with Gasteiger partial charge in [-0.1, -0.05) is 31.7 Å². The molecule has 36 heavy (non-hydrogen) atoms. The Hall–Kier alpha value is -3.78. The van der Waals surface area contributed by atoms with Crippen LogP contribution in [0.4, 0.5) is 0 Å². The van der Waals surface area contributed by atoms with Crippen LogP contribution < -0.4 is 0 Å². The normalized spacial score (nSPS) is 11.6. The lowest BCUT2D eigenvalue weighted by Gasteiger charge is -2.15. The van der Waals surface area contributed by atoms with Crippen molar-refractivity contribution >= 4 is 22.7 Å². The maximum absolute atomic E-state index is 10.8. The van der Waals surface area contributed by atoms with Crippen LogP contribution in [0.1, 0.15) is 37.3 Å². The number of pyridine rings is 1. The van der Waals surface area contributed by atoms with Crippen molar-refractivity contribution in [3.63, 3.8) is 0 Å². The summed E-state index contributed by atoms with van der Waals surface area (Å²) in [5.74, 6) is 1.54. The molecule has 0 amide bonds. The Balaban J connectivity index is 1.54. The van der Waals surface area contributed by atoms with Gasteiger partial charge in [-0.15, -0.1) is 10.2 Å². The van der Waals surface area contributed by atoms with Crippen LogP contribution in [0.15, 0.2) is 72.3 Å². The summed E-state index contributed by atoms with van der Waals surface area (Å²) >= 11 is 1.64. The molecular weight excluding hydrogens is 470 g/mol. The number of thioether (sulfide) groups is 1. The van der Waals surface area contributed by atoms with Crippen molar-refractivity contribution in [1.82, 2.24) is 24.3 Å². The zero-order chi connectivity index (χ0) is 25.2. The number of benzene rings is 2. The fraction of sp³-hybridized carbons (Fsp3) is 0.250. The Bertz CT molecular complexity index is 1510. The fourth-order valence-electron chi connectivity index (χ4n) is 4.40. The summed E-state index contributed by atoms with van der Waals surface area (Å²) in [6.45, 7) is 4.01. The first-order valence-corrected chi connectivity index (χ1v) is 13.0. The van der Waals surface area contributed by atoms with Gasteiger partial charge in [0, 0.05) is 48.4 Å². The first-order valence-electron chi connectivity index (χ1n) is 12.0. The number of phenols is 2. The predicted molar refractivity (Wildman–Crippen MR) is 144 cm³/mol. The van der Waals surface area contributed by atoms with Crippen LogP contribution in [0.2, 0.25) is 0 Å². The highest BCUT2D eigenvalue weighted by Crippen LogP contribution is 2.39. The van der Waals surface area contributed by atoms with Crippen LogP contribution in [-0.4, -0.2) is 40.3 Å². The van der Waals surface area contributed by atoms with E-state index in [1.807, 2.05) is 50.0 Å². The van der Waals surface area contributed by atoms with Gasteiger partial charge in [-0.2, -0.15) is 0 Å². The van der Waals surface area contributed by atoms with Crippen molar-refractivity contribution in [3.8, 4) is 28.6 Å². The van der Waals surface area contributed by atoms with Gasteiger partial charge in [0.2, 0.25) is 0 Å². The molecule has 0 atom stereocenters. The smallest absolute Gasteiger partial charge is 0.196 e. The zero-order valence-electron chi connectivity index (χ0n) is 20.6. The quantitative estimate of drug-likeness (QED) is 0.199. The lowest BCUT2D eigenvalue weighted by atomic mass is 9.98. The molecule has 0 aliphatic heterocycles. The second-order valence-corrected chi connectivity index (χ2v) is 10.3. The SMILES string of the molecule is CC(C)c1cc(-c2nnc(SCCCc3cccnc3)n2-c2ccc3c(ccn3C)c2)c(O)cc1O. The number of nitrogens with zero attached hydrogens (tertiary/aromatic N) is 5. The minimum absolute atomic E-state index is 0.0283. The Morgan fingerprint density at radius 1 is 1.00 bits per heavy atom. The third kappa shape index (κ3) is 4.68. The van der Waals surface area contributed by atoms with E-state index in [4.69, 9.17) is 0 Å². The molecule has 0 fully saturated rings. The Morgan fingerprint density at radius 2 is 1.86 bits per heavy atom. The van der Waals surface area contributed by atoms with Crippen LogP contribution in [0, 0.1) is 0 Å². The first-order chi connectivity index (χ1) is 17.4. The van der Waals surface area contributed by atoms with Gasteiger partial charge in [0.25, 0.3) is 0 Å². The van der Waals surface area contributed by atoms with E-state index < -0.39 is 0 Å². The summed E-state index contributed by atoms with van der Waals surface area (Å²) in [6, 6.07) is 15.6. The van der Waals surface area contributed by atoms with Crippen LogP contribution in [-0.2, 0) is 13.5 Å². The molecule has 0 unspecified atom stereocenters. The molecule has 3 aromatic heterocycles. The van der Waals surface area contributed by atoms with Crippen molar-refractivity contribution in [2.45, 2.75) is 37.8 Å². The Kier molecular flexibility index (Phi) is 6.69. The number of aromatic nitrogens is 5. The molecule has 184 valence electrons. The van der Waals surface area contributed by atoms with E-state index in [9.17, 15) is 10.2 Å².